The molecule has 2 heterocycles. The van der Waals surface area contributed by atoms with Crippen LogP contribution in [0.15, 0.2) is 42.7 Å². The Balaban J connectivity index is 1.81. The van der Waals surface area contributed by atoms with Crippen LogP contribution in [0.25, 0.3) is 0 Å². The molecule has 1 fully saturated rings. The summed E-state index contributed by atoms with van der Waals surface area (Å²) < 4.78 is 5.91. The van der Waals surface area contributed by atoms with Gasteiger partial charge in [-0.25, -0.2) is 4.98 Å². The lowest BCUT2D eigenvalue weighted by atomic mass is 9.94. The number of likely N-dealkylation sites (tertiary alicyclic amines) is 1. The number of ether oxygens (including phenoxy) is 1. The number of amides is 1. The van der Waals surface area contributed by atoms with Crippen molar-refractivity contribution in [1.29, 1.82) is 0 Å². The van der Waals surface area contributed by atoms with Crippen molar-refractivity contribution in [3.63, 3.8) is 0 Å². The van der Waals surface area contributed by atoms with E-state index in [1.54, 1.807) is 12.4 Å². The van der Waals surface area contributed by atoms with Crippen LogP contribution in [0.1, 0.15) is 37.8 Å². The van der Waals surface area contributed by atoms with E-state index >= 15 is 0 Å². The van der Waals surface area contributed by atoms with E-state index in [2.05, 4.69) is 9.97 Å². The Bertz CT molecular complexity index is 660. The lowest BCUT2D eigenvalue weighted by Gasteiger charge is -2.32. The fraction of sp³-hybridized carbons (Fsp3) is 0.389. The standard InChI is InChI=1S/C18H21N3O2/c1-2-16(22)21-12-6-7-14(13-21)17-18(20-11-10-19-17)23-15-8-4-3-5-9-15/h3-5,8-11,14H,2,6-7,12-13H2,1H3/t14-/m1/s1. The zero-order chi connectivity index (χ0) is 16.1. The summed E-state index contributed by atoms with van der Waals surface area (Å²) >= 11 is 0. The van der Waals surface area contributed by atoms with Crippen LogP contribution < -0.4 is 4.74 Å². The second kappa shape index (κ2) is 7.22. The van der Waals surface area contributed by atoms with Crippen LogP contribution in [0.2, 0.25) is 0 Å². The molecule has 1 aliphatic rings. The van der Waals surface area contributed by atoms with E-state index in [-0.39, 0.29) is 11.8 Å². The molecule has 0 saturated carbocycles. The second-order valence-electron chi connectivity index (χ2n) is 5.69. The van der Waals surface area contributed by atoms with Gasteiger partial charge in [0.15, 0.2) is 0 Å². The fourth-order valence-corrected chi connectivity index (χ4v) is 2.95. The topological polar surface area (TPSA) is 55.3 Å². The van der Waals surface area contributed by atoms with E-state index in [4.69, 9.17) is 4.74 Å². The molecule has 0 aliphatic carbocycles. The Morgan fingerprint density at radius 3 is 2.83 bits per heavy atom. The zero-order valence-electron chi connectivity index (χ0n) is 13.3. The molecule has 0 spiro atoms. The van der Waals surface area contributed by atoms with E-state index < -0.39 is 0 Å². The van der Waals surface area contributed by atoms with Gasteiger partial charge in [-0.2, -0.15) is 0 Å². The molecule has 120 valence electrons. The molecule has 1 atom stereocenters. The molecule has 5 nitrogen and oxygen atoms in total. The van der Waals surface area contributed by atoms with Crippen LogP contribution in [0.5, 0.6) is 11.6 Å². The number of carbonyl (C=O) groups excluding carboxylic acids is 1. The molecule has 0 unspecified atom stereocenters. The number of rotatable bonds is 4. The summed E-state index contributed by atoms with van der Waals surface area (Å²) in [6, 6.07) is 9.58. The van der Waals surface area contributed by atoms with Crippen LogP contribution in [0.4, 0.5) is 0 Å². The third-order valence-corrected chi connectivity index (χ3v) is 4.11. The van der Waals surface area contributed by atoms with Crippen molar-refractivity contribution >= 4 is 5.91 Å². The quantitative estimate of drug-likeness (QED) is 0.868. The largest absolute Gasteiger partial charge is 0.437 e. The first-order chi connectivity index (χ1) is 11.3. The third-order valence-electron chi connectivity index (χ3n) is 4.11. The van der Waals surface area contributed by atoms with Gasteiger partial charge in [-0.15, -0.1) is 0 Å². The Morgan fingerprint density at radius 1 is 1.26 bits per heavy atom. The first-order valence-electron chi connectivity index (χ1n) is 8.09. The summed E-state index contributed by atoms with van der Waals surface area (Å²) in [7, 11) is 0. The summed E-state index contributed by atoms with van der Waals surface area (Å²) in [4.78, 5) is 22.7. The minimum Gasteiger partial charge on any atom is -0.437 e. The van der Waals surface area contributed by atoms with E-state index in [9.17, 15) is 4.79 Å². The summed E-state index contributed by atoms with van der Waals surface area (Å²) in [5.74, 6) is 1.65. The van der Waals surface area contributed by atoms with Gasteiger partial charge in [-0.3, -0.25) is 9.78 Å². The van der Waals surface area contributed by atoms with E-state index in [0.29, 0.717) is 18.8 Å². The normalized spacial score (nSPS) is 17.8. The summed E-state index contributed by atoms with van der Waals surface area (Å²) in [5.41, 5.74) is 0.838. The van der Waals surface area contributed by atoms with Crippen LogP contribution >= 0.6 is 0 Å². The van der Waals surface area contributed by atoms with E-state index in [0.717, 1.165) is 30.8 Å². The second-order valence-corrected chi connectivity index (χ2v) is 5.69. The highest BCUT2D eigenvalue weighted by atomic mass is 16.5. The molecule has 0 bridgehead atoms. The first kappa shape index (κ1) is 15.5. The van der Waals surface area contributed by atoms with Crippen molar-refractivity contribution < 1.29 is 9.53 Å². The Labute approximate surface area is 136 Å². The highest BCUT2D eigenvalue weighted by Crippen LogP contribution is 2.32. The molecule has 2 aromatic rings. The van der Waals surface area contributed by atoms with Gasteiger partial charge in [0.1, 0.15) is 11.4 Å². The molecule has 3 rings (SSSR count). The predicted molar refractivity (Wildman–Crippen MR) is 87.4 cm³/mol. The molecule has 1 aliphatic heterocycles. The molecular formula is C18H21N3O2. The minimum absolute atomic E-state index is 0.173. The van der Waals surface area contributed by atoms with Gasteiger partial charge in [0.25, 0.3) is 0 Å². The molecule has 1 aromatic carbocycles. The van der Waals surface area contributed by atoms with E-state index in [1.807, 2.05) is 42.2 Å². The molecule has 0 N–H and O–H groups in total. The molecule has 23 heavy (non-hydrogen) atoms. The van der Waals surface area contributed by atoms with Gasteiger partial charge in [0.05, 0.1) is 0 Å². The maximum Gasteiger partial charge on any atom is 0.241 e. The monoisotopic (exact) mass is 311 g/mol. The van der Waals surface area contributed by atoms with Crippen molar-refractivity contribution in [2.24, 2.45) is 0 Å². The average Bonchev–Trinajstić information content (AvgIpc) is 2.62. The lowest BCUT2D eigenvalue weighted by molar-refractivity contribution is -0.132. The number of piperidine rings is 1. The Kier molecular flexibility index (Phi) is 4.86. The predicted octanol–water partition coefficient (Wildman–Crippen LogP) is 3.38. The van der Waals surface area contributed by atoms with Crippen molar-refractivity contribution in [3.8, 4) is 11.6 Å². The summed E-state index contributed by atoms with van der Waals surface area (Å²) in [6.45, 7) is 3.42. The lowest BCUT2D eigenvalue weighted by Crippen LogP contribution is -2.39. The molecule has 0 radical (unpaired) electrons. The highest BCUT2D eigenvalue weighted by Gasteiger charge is 2.27. The van der Waals surface area contributed by atoms with Crippen LogP contribution in [0.3, 0.4) is 0 Å². The summed E-state index contributed by atoms with van der Waals surface area (Å²) in [5, 5.41) is 0. The average molecular weight is 311 g/mol. The highest BCUT2D eigenvalue weighted by molar-refractivity contribution is 5.76. The van der Waals surface area contributed by atoms with Crippen molar-refractivity contribution in [2.75, 3.05) is 13.1 Å². The number of nitrogens with zero attached hydrogens (tertiary/aromatic N) is 3. The summed E-state index contributed by atoms with van der Waals surface area (Å²) in [6.07, 6.45) is 5.85. The SMILES string of the molecule is CCC(=O)N1CCC[C@@H](c2nccnc2Oc2ccccc2)C1. The number of para-hydroxylation sites is 1. The zero-order valence-corrected chi connectivity index (χ0v) is 13.3. The first-order valence-corrected chi connectivity index (χ1v) is 8.09. The van der Waals surface area contributed by atoms with Gasteiger partial charge in [-0.1, -0.05) is 25.1 Å². The van der Waals surface area contributed by atoms with Gasteiger partial charge < -0.3 is 9.64 Å². The van der Waals surface area contributed by atoms with Crippen LogP contribution in [0, 0.1) is 0 Å². The number of benzene rings is 1. The van der Waals surface area contributed by atoms with Gasteiger partial charge >= 0.3 is 0 Å². The smallest absolute Gasteiger partial charge is 0.241 e. The van der Waals surface area contributed by atoms with Crippen molar-refractivity contribution in [2.45, 2.75) is 32.1 Å². The van der Waals surface area contributed by atoms with Crippen molar-refractivity contribution in [3.05, 3.63) is 48.4 Å². The van der Waals surface area contributed by atoms with E-state index in [1.165, 1.54) is 0 Å². The minimum atomic E-state index is 0.173. The van der Waals surface area contributed by atoms with Gasteiger partial charge in [0, 0.05) is 37.8 Å². The molecule has 1 aromatic heterocycles. The molecule has 1 amide bonds. The third kappa shape index (κ3) is 3.67. The fourth-order valence-electron chi connectivity index (χ4n) is 2.95. The number of hydrogen-bond acceptors (Lipinski definition) is 4. The maximum atomic E-state index is 12.0. The van der Waals surface area contributed by atoms with Crippen LogP contribution in [-0.4, -0.2) is 33.9 Å². The van der Waals surface area contributed by atoms with Gasteiger partial charge in [0.2, 0.25) is 11.8 Å². The Hall–Kier alpha value is -2.43. The Morgan fingerprint density at radius 2 is 2.04 bits per heavy atom. The molecular weight excluding hydrogens is 290 g/mol. The van der Waals surface area contributed by atoms with Crippen LogP contribution in [-0.2, 0) is 4.79 Å². The molecule has 1 saturated heterocycles. The van der Waals surface area contributed by atoms with Crippen molar-refractivity contribution in [1.82, 2.24) is 14.9 Å². The van der Waals surface area contributed by atoms with Gasteiger partial charge in [-0.05, 0) is 25.0 Å². The number of aromatic nitrogens is 2. The number of carbonyl (C=O) groups is 1. The number of hydrogen-bond donors (Lipinski definition) is 0. The maximum absolute atomic E-state index is 12.0. The molecule has 5 heteroatoms.